The second kappa shape index (κ2) is 5.35. The van der Waals surface area contributed by atoms with Gasteiger partial charge in [0.05, 0.1) is 5.71 Å². The summed E-state index contributed by atoms with van der Waals surface area (Å²) >= 11 is 9.31. The molecule has 0 fully saturated rings. The first kappa shape index (κ1) is 12.7. The van der Waals surface area contributed by atoms with Gasteiger partial charge >= 0.3 is 0 Å². The van der Waals surface area contributed by atoms with Crippen LogP contribution in [0.1, 0.15) is 23.7 Å². The van der Waals surface area contributed by atoms with E-state index in [-0.39, 0.29) is 6.10 Å². The lowest BCUT2D eigenvalue weighted by Crippen LogP contribution is -2.01. The third-order valence-corrected chi connectivity index (χ3v) is 3.87. The zero-order valence-electron chi connectivity index (χ0n) is 10.0. The highest BCUT2D eigenvalue weighted by atomic mass is 79.9. The lowest BCUT2D eigenvalue weighted by Gasteiger charge is -2.08. The highest BCUT2D eigenvalue weighted by Crippen LogP contribution is 2.30. The molecular formula is C15H11BrClNO. The summed E-state index contributed by atoms with van der Waals surface area (Å²) in [5.41, 5.74) is 3.17. The van der Waals surface area contributed by atoms with Crippen molar-refractivity contribution in [3.63, 3.8) is 0 Å². The number of halogens is 2. The van der Waals surface area contributed by atoms with Gasteiger partial charge < -0.3 is 4.84 Å². The fourth-order valence-corrected chi connectivity index (χ4v) is 2.44. The molecule has 0 radical (unpaired) electrons. The summed E-state index contributed by atoms with van der Waals surface area (Å²) in [5, 5.41) is 4.92. The molecule has 3 rings (SSSR count). The average molecular weight is 337 g/mol. The predicted octanol–water partition coefficient (Wildman–Crippen LogP) is 4.97. The molecule has 2 nitrogen and oxygen atoms in total. The number of nitrogens with zero attached hydrogens (tertiary/aromatic N) is 1. The summed E-state index contributed by atoms with van der Waals surface area (Å²) in [4.78, 5) is 5.51. The van der Waals surface area contributed by atoms with Crippen LogP contribution in [0.15, 0.2) is 58.2 Å². The number of rotatable bonds is 2. The topological polar surface area (TPSA) is 21.6 Å². The van der Waals surface area contributed by atoms with Crippen LogP contribution in [0.2, 0.25) is 5.02 Å². The molecule has 1 aliphatic heterocycles. The Morgan fingerprint density at radius 1 is 1.05 bits per heavy atom. The monoisotopic (exact) mass is 335 g/mol. The normalized spacial score (nSPS) is 18.0. The molecule has 19 heavy (non-hydrogen) atoms. The lowest BCUT2D eigenvalue weighted by atomic mass is 10.0. The van der Waals surface area contributed by atoms with Gasteiger partial charge in [-0.25, -0.2) is 0 Å². The minimum absolute atomic E-state index is 0.0177. The maximum Gasteiger partial charge on any atom is 0.158 e. The Bertz CT molecular complexity index is 607. The molecule has 96 valence electrons. The van der Waals surface area contributed by atoms with Crippen LogP contribution in [0.5, 0.6) is 0 Å². The van der Waals surface area contributed by atoms with Gasteiger partial charge in [0.2, 0.25) is 0 Å². The molecule has 2 aromatic rings. The van der Waals surface area contributed by atoms with Crippen LogP contribution in [-0.2, 0) is 4.84 Å². The van der Waals surface area contributed by atoms with Crippen molar-refractivity contribution in [3.8, 4) is 0 Å². The van der Waals surface area contributed by atoms with E-state index in [0.29, 0.717) is 0 Å². The maximum absolute atomic E-state index is 5.88. The van der Waals surface area contributed by atoms with Crippen molar-refractivity contribution >= 4 is 33.2 Å². The molecule has 4 heteroatoms. The van der Waals surface area contributed by atoms with Gasteiger partial charge in [0.1, 0.15) is 0 Å². The molecular weight excluding hydrogens is 326 g/mol. The SMILES string of the molecule is Clc1ccc([C@H]2CC(c3ccc(Br)cc3)=NO2)cc1. The van der Waals surface area contributed by atoms with Gasteiger partial charge in [-0.3, -0.25) is 0 Å². The summed E-state index contributed by atoms with van der Waals surface area (Å²) in [5.74, 6) is 0. The first-order valence-electron chi connectivity index (χ1n) is 5.96. The molecule has 0 saturated carbocycles. The van der Waals surface area contributed by atoms with Crippen LogP contribution in [-0.4, -0.2) is 5.71 Å². The van der Waals surface area contributed by atoms with Crippen LogP contribution >= 0.6 is 27.5 Å². The number of benzene rings is 2. The fraction of sp³-hybridized carbons (Fsp3) is 0.133. The van der Waals surface area contributed by atoms with Crippen LogP contribution in [0, 0.1) is 0 Å². The highest BCUT2D eigenvalue weighted by Gasteiger charge is 2.23. The summed E-state index contributed by atoms with van der Waals surface area (Å²) < 4.78 is 1.06. The van der Waals surface area contributed by atoms with Gasteiger partial charge in [0, 0.05) is 15.9 Å². The third kappa shape index (κ3) is 2.82. The second-order valence-electron chi connectivity index (χ2n) is 4.39. The molecule has 2 aromatic carbocycles. The van der Waals surface area contributed by atoms with Gasteiger partial charge in [-0.2, -0.15) is 0 Å². The molecule has 0 N–H and O–H groups in total. The number of hydrogen-bond donors (Lipinski definition) is 0. The summed E-state index contributed by atoms with van der Waals surface area (Å²) in [6, 6.07) is 15.8. The standard InChI is InChI=1S/C15H11BrClNO/c16-12-5-1-10(2-6-12)14-9-15(19-18-14)11-3-7-13(17)8-4-11/h1-8,15H,9H2/t15-/m1/s1. The molecule has 1 atom stereocenters. The Kier molecular flexibility index (Phi) is 3.58. The van der Waals surface area contributed by atoms with Crippen molar-refractivity contribution in [3.05, 3.63) is 69.2 Å². The molecule has 1 aliphatic rings. The van der Waals surface area contributed by atoms with E-state index in [9.17, 15) is 0 Å². The van der Waals surface area contributed by atoms with Crippen molar-refractivity contribution < 1.29 is 4.84 Å². The van der Waals surface area contributed by atoms with E-state index in [0.717, 1.165) is 32.8 Å². The second-order valence-corrected chi connectivity index (χ2v) is 5.75. The van der Waals surface area contributed by atoms with Crippen molar-refractivity contribution in [2.24, 2.45) is 5.16 Å². The van der Waals surface area contributed by atoms with Crippen LogP contribution in [0.25, 0.3) is 0 Å². The Morgan fingerprint density at radius 3 is 2.42 bits per heavy atom. The Balaban J connectivity index is 1.76. The van der Waals surface area contributed by atoms with Crippen LogP contribution < -0.4 is 0 Å². The molecule has 0 unspecified atom stereocenters. The highest BCUT2D eigenvalue weighted by molar-refractivity contribution is 9.10. The summed E-state index contributed by atoms with van der Waals surface area (Å²) in [6.45, 7) is 0. The molecule has 1 heterocycles. The zero-order chi connectivity index (χ0) is 13.2. The van der Waals surface area contributed by atoms with E-state index in [1.807, 2.05) is 48.5 Å². The van der Waals surface area contributed by atoms with Gasteiger partial charge in [-0.1, -0.05) is 57.0 Å². The molecule has 0 spiro atoms. The predicted molar refractivity (Wildman–Crippen MR) is 80.6 cm³/mol. The minimum Gasteiger partial charge on any atom is -0.387 e. The quantitative estimate of drug-likeness (QED) is 0.759. The van der Waals surface area contributed by atoms with Crippen molar-refractivity contribution in [2.75, 3.05) is 0 Å². The lowest BCUT2D eigenvalue weighted by molar-refractivity contribution is 0.0857. The van der Waals surface area contributed by atoms with E-state index < -0.39 is 0 Å². The molecule has 0 saturated heterocycles. The van der Waals surface area contributed by atoms with E-state index in [1.54, 1.807) is 0 Å². The fourth-order valence-electron chi connectivity index (χ4n) is 2.05. The van der Waals surface area contributed by atoms with Gasteiger partial charge in [0.15, 0.2) is 6.10 Å². The zero-order valence-corrected chi connectivity index (χ0v) is 12.4. The van der Waals surface area contributed by atoms with E-state index in [1.165, 1.54) is 0 Å². The molecule has 0 aromatic heterocycles. The smallest absolute Gasteiger partial charge is 0.158 e. The summed E-state index contributed by atoms with van der Waals surface area (Å²) in [6.07, 6.45) is 0.763. The molecule has 0 aliphatic carbocycles. The molecule has 0 amide bonds. The van der Waals surface area contributed by atoms with Crippen molar-refractivity contribution in [1.82, 2.24) is 0 Å². The number of hydrogen-bond acceptors (Lipinski definition) is 2. The van der Waals surface area contributed by atoms with E-state index in [4.69, 9.17) is 16.4 Å². The van der Waals surface area contributed by atoms with Crippen LogP contribution in [0.4, 0.5) is 0 Å². The van der Waals surface area contributed by atoms with E-state index >= 15 is 0 Å². The molecule has 0 bridgehead atoms. The van der Waals surface area contributed by atoms with Crippen molar-refractivity contribution in [2.45, 2.75) is 12.5 Å². The largest absolute Gasteiger partial charge is 0.387 e. The first-order valence-corrected chi connectivity index (χ1v) is 7.13. The first-order chi connectivity index (χ1) is 9.22. The average Bonchev–Trinajstić information content (AvgIpc) is 2.90. The summed E-state index contributed by atoms with van der Waals surface area (Å²) in [7, 11) is 0. The van der Waals surface area contributed by atoms with E-state index in [2.05, 4.69) is 21.1 Å². The Labute approximate surface area is 125 Å². The third-order valence-electron chi connectivity index (χ3n) is 3.09. The Morgan fingerprint density at radius 2 is 1.74 bits per heavy atom. The van der Waals surface area contributed by atoms with Crippen LogP contribution in [0.3, 0.4) is 0 Å². The van der Waals surface area contributed by atoms with Gasteiger partial charge in [0.25, 0.3) is 0 Å². The minimum atomic E-state index is -0.0177. The maximum atomic E-state index is 5.88. The number of oxime groups is 1. The van der Waals surface area contributed by atoms with Gasteiger partial charge in [-0.05, 0) is 35.4 Å². The van der Waals surface area contributed by atoms with Gasteiger partial charge in [-0.15, -0.1) is 0 Å². The van der Waals surface area contributed by atoms with Crippen molar-refractivity contribution in [1.29, 1.82) is 0 Å². The Hall–Kier alpha value is -1.32.